The number of nitrogens with zero attached hydrogens (tertiary/aromatic N) is 2. The zero-order valence-corrected chi connectivity index (χ0v) is 12.2. The van der Waals surface area contributed by atoms with Gasteiger partial charge in [-0.05, 0) is 43.9 Å². The normalized spacial score (nSPS) is 30.6. The first-order valence-corrected chi connectivity index (χ1v) is 7.42. The molecule has 2 aliphatic rings. The number of hydrogen-bond acceptors (Lipinski definition) is 2. The Balaban J connectivity index is 1.67. The summed E-state index contributed by atoms with van der Waals surface area (Å²) in [7, 11) is 1.74. The number of rotatable bonds is 3. The van der Waals surface area contributed by atoms with Crippen LogP contribution in [0.1, 0.15) is 43.1 Å². The fraction of sp³-hybridized carbons (Fsp3) is 0.714. The third kappa shape index (κ3) is 2.27. The van der Waals surface area contributed by atoms with Crippen molar-refractivity contribution >= 4 is 17.5 Å². The minimum Gasteiger partial charge on any atom is -0.348 e. The van der Waals surface area contributed by atoms with Gasteiger partial charge in [-0.2, -0.15) is 5.10 Å². The lowest BCUT2D eigenvalue weighted by Gasteiger charge is -2.28. The Bertz CT molecular complexity index is 479. The fourth-order valence-electron chi connectivity index (χ4n) is 3.95. The highest BCUT2D eigenvalue weighted by Crippen LogP contribution is 2.49. The summed E-state index contributed by atoms with van der Waals surface area (Å²) >= 11 is 6.00. The van der Waals surface area contributed by atoms with Gasteiger partial charge in [0.25, 0.3) is 5.91 Å². The molecule has 2 bridgehead atoms. The summed E-state index contributed by atoms with van der Waals surface area (Å²) in [4.78, 5) is 12.3. The zero-order chi connectivity index (χ0) is 13.6. The molecular formula is C14H20ClN3O. The highest BCUT2D eigenvalue weighted by molar-refractivity contribution is 6.33. The summed E-state index contributed by atoms with van der Waals surface area (Å²) in [5.74, 6) is 2.23. The molecule has 0 radical (unpaired) electrons. The maximum Gasteiger partial charge on any atom is 0.271 e. The van der Waals surface area contributed by atoms with E-state index in [4.69, 9.17) is 11.6 Å². The molecule has 2 aliphatic carbocycles. The summed E-state index contributed by atoms with van der Waals surface area (Å²) in [6.45, 7) is 2.12. The summed E-state index contributed by atoms with van der Waals surface area (Å²) in [6.07, 6.45) is 6.86. The van der Waals surface area contributed by atoms with Gasteiger partial charge in [-0.3, -0.25) is 9.48 Å². The Morgan fingerprint density at radius 3 is 2.84 bits per heavy atom. The zero-order valence-electron chi connectivity index (χ0n) is 11.4. The second-order valence-corrected chi connectivity index (χ2v) is 6.47. The molecule has 104 valence electrons. The van der Waals surface area contributed by atoms with Gasteiger partial charge in [0.2, 0.25) is 0 Å². The Morgan fingerprint density at radius 1 is 1.53 bits per heavy atom. The molecule has 1 aromatic heterocycles. The number of aromatic nitrogens is 2. The molecule has 0 unspecified atom stereocenters. The van der Waals surface area contributed by atoms with Crippen LogP contribution in [-0.4, -0.2) is 21.7 Å². The molecule has 1 amide bonds. The van der Waals surface area contributed by atoms with Crippen molar-refractivity contribution < 1.29 is 4.79 Å². The number of aryl methyl sites for hydroxylation is 1. The molecule has 2 saturated carbocycles. The molecule has 5 heteroatoms. The lowest BCUT2D eigenvalue weighted by Crippen LogP contribution is -2.40. The van der Waals surface area contributed by atoms with E-state index in [9.17, 15) is 4.79 Å². The first-order chi connectivity index (χ1) is 9.06. The van der Waals surface area contributed by atoms with Crippen molar-refractivity contribution in [3.05, 3.63) is 16.9 Å². The second-order valence-electron chi connectivity index (χ2n) is 6.07. The standard InChI is InChI=1S/C14H20ClN3O/c1-8(11-6-9-3-4-10(11)5-9)17-14(19)13-12(15)7-16-18(13)2/h7-11H,3-6H2,1-2H3,(H,17,19)/t8-,9+,10+,11-/m0/s1. The third-order valence-electron chi connectivity index (χ3n) is 4.90. The van der Waals surface area contributed by atoms with Crippen molar-refractivity contribution in [2.24, 2.45) is 24.8 Å². The molecule has 4 atom stereocenters. The van der Waals surface area contributed by atoms with Crippen LogP contribution in [0.15, 0.2) is 6.20 Å². The van der Waals surface area contributed by atoms with Gasteiger partial charge < -0.3 is 5.32 Å². The molecule has 1 aromatic rings. The largest absolute Gasteiger partial charge is 0.348 e. The summed E-state index contributed by atoms with van der Waals surface area (Å²) in [6, 6.07) is 0.216. The lowest BCUT2D eigenvalue weighted by molar-refractivity contribution is 0.0906. The Labute approximate surface area is 118 Å². The van der Waals surface area contributed by atoms with Crippen molar-refractivity contribution in [2.45, 2.75) is 38.6 Å². The molecule has 1 N–H and O–H groups in total. The molecule has 2 fully saturated rings. The van der Waals surface area contributed by atoms with Crippen molar-refractivity contribution in [3.63, 3.8) is 0 Å². The minimum absolute atomic E-state index is 0.111. The van der Waals surface area contributed by atoms with Crippen LogP contribution in [0, 0.1) is 17.8 Å². The molecule has 3 rings (SSSR count). The number of carbonyl (C=O) groups excluding carboxylic acids is 1. The highest BCUT2D eigenvalue weighted by atomic mass is 35.5. The van der Waals surface area contributed by atoms with Gasteiger partial charge >= 0.3 is 0 Å². The molecule has 1 heterocycles. The summed E-state index contributed by atoms with van der Waals surface area (Å²) < 4.78 is 1.53. The van der Waals surface area contributed by atoms with E-state index >= 15 is 0 Å². The smallest absolute Gasteiger partial charge is 0.271 e. The number of amides is 1. The number of hydrogen-bond donors (Lipinski definition) is 1. The van der Waals surface area contributed by atoms with Gasteiger partial charge in [0, 0.05) is 13.1 Å². The van der Waals surface area contributed by atoms with Gasteiger partial charge in [0.15, 0.2) is 0 Å². The van der Waals surface area contributed by atoms with E-state index in [-0.39, 0.29) is 11.9 Å². The molecule has 0 spiro atoms. The second kappa shape index (κ2) is 4.82. The van der Waals surface area contributed by atoms with Gasteiger partial charge in [-0.25, -0.2) is 0 Å². The van der Waals surface area contributed by atoms with Gasteiger partial charge in [-0.1, -0.05) is 18.0 Å². The number of carbonyl (C=O) groups is 1. The minimum atomic E-state index is -0.111. The molecule has 19 heavy (non-hydrogen) atoms. The molecule has 4 nitrogen and oxygen atoms in total. The highest BCUT2D eigenvalue weighted by Gasteiger charge is 2.42. The SMILES string of the molecule is C[C@H](NC(=O)c1c(Cl)cnn1C)[C@@H]1C[C@@H]2CC[C@@H]1C2. The van der Waals surface area contributed by atoms with Crippen LogP contribution in [0.25, 0.3) is 0 Å². The third-order valence-corrected chi connectivity index (χ3v) is 5.18. The van der Waals surface area contributed by atoms with Crippen molar-refractivity contribution in [3.8, 4) is 0 Å². The first-order valence-electron chi connectivity index (χ1n) is 7.04. The quantitative estimate of drug-likeness (QED) is 0.926. The maximum absolute atomic E-state index is 12.3. The van der Waals surface area contributed by atoms with E-state index in [1.54, 1.807) is 7.05 Å². The van der Waals surface area contributed by atoms with E-state index in [0.29, 0.717) is 16.6 Å². The van der Waals surface area contributed by atoms with E-state index in [0.717, 1.165) is 11.8 Å². The summed E-state index contributed by atoms with van der Waals surface area (Å²) in [5, 5.41) is 7.53. The average molecular weight is 282 g/mol. The topological polar surface area (TPSA) is 46.9 Å². The van der Waals surface area contributed by atoms with E-state index < -0.39 is 0 Å². The van der Waals surface area contributed by atoms with Gasteiger partial charge in [0.1, 0.15) is 5.69 Å². The van der Waals surface area contributed by atoms with Gasteiger partial charge in [-0.15, -0.1) is 0 Å². The van der Waals surface area contributed by atoms with Crippen LogP contribution in [0.3, 0.4) is 0 Å². The maximum atomic E-state index is 12.3. The van der Waals surface area contributed by atoms with E-state index in [1.165, 1.54) is 36.6 Å². The van der Waals surface area contributed by atoms with Crippen LogP contribution in [0.5, 0.6) is 0 Å². The fourth-order valence-corrected chi connectivity index (χ4v) is 4.21. The van der Waals surface area contributed by atoms with Crippen LogP contribution < -0.4 is 5.32 Å². The molecular weight excluding hydrogens is 262 g/mol. The van der Waals surface area contributed by atoms with Crippen LogP contribution >= 0.6 is 11.6 Å². The number of fused-ring (bicyclic) bond motifs is 2. The van der Waals surface area contributed by atoms with Crippen LogP contribution in [0.2, 0.25) is 5.02 Å². The van der Waals surface area contributed by atoms with Crippen molar-refractivity contribution in [1.82, 2.24) is 15.1 Å². The average Bonchev–Trinajstić information content (AvgIpc) is 3.05. The van der Waals surface area contributed by atoms with E-state index in [1.807, 2.05) is 0 Å². The predicted octanol–water partition coefficient (Wildman–Crippen LogP) is 2.63. The predicted molar refractivity (Wildman–Crippen MR) is 74.1 cm³/mol. The Kier molecular flexibility index (Phi) is 3.29. The first kappa shape index (κ1) is 13.0. The Morgan fingerprint density at radius 2 is 2.32 bits per heavy atom. The molecule has 0 aliphatic heterocycles. The molecule has 0 aromatic carbocycles. The van der Waals surface area contributed by atoms with E-state index in [2.05, 4.69) is 17.3 Å². The van der Waals surface area contributed by atoms with Crippen LogP contribution in [0.4, 0.5) is 0 Å². The van der Waals surface area contributed by atoms with Crippen molar-refractivity contribution in [2.75, 3.05) is 0 Å². The lowest BCUT2D eigenvalue weighted by atomic mass is 9.84. The van der Waals surface area contributed by atoms with Crippen molar-refractivity contribution in [1.29, 1.82) is 0 Å². The molecule has 0 saturated heterocycles. The monoisotopic (exact) mass is 281 g/mol. The Hall–Kier alpha value is -1.03. The number of nitrogens with one attached hydrogen (secondary N) is 1. The number of halogens is 1. The summed E-state index contributed by atoms with van der Waals surface area (Å²) in [5.41, 5.74) is 0.455. The van der Waals surface area contributed by atoms with Crippen LogP contribution in [-0.2, 0) is 7.05 Å². The van der Waals surface area contributed by atoms with Gasteiger partial charge in [0.05, 0.1) is 11.2 Å².